The molecular weight excluding hydrogens is 473 g/mol. The molecule has 0 spiro atoms. The second-order valence-electron chi connectivity index (χ2n) is 9.80. The number of benzene rings is 3. The summed E-state index contributed by atoms with van der Waals surface area (Å²) in [6.45, 7) is 4.26. The number of aryl methyl sites for hydroxylation is 2. The molecule has 3 aromatic carbocycles. The van der Waals surface area contributed by atoms with Crippen LogP contribution in [0.3, 0.4) is 0 Å². The SMILES string of the molecule is CCCC(O)C1CC=C(c2ccc(CCc3ccc(-c4ccc(OCC)c(F)c4)cc3)c(F)c2F)CC1. The van der Waals surface area contributed by atoms with E-state index in [9.17, 15) is 18.3 Å². The Balaban J connectivity index is 1.39. The van der Waals surface area contributed by atoms with E-state index in [0.29, 0.717) is 43.4 Å². The zero-order chi connectivity index (χ0) is 26.4. The molecular formula is C32H35F3O2. The Kier molecular flexibility index (Phi) is 9.09. The van der Waals surface area contributed by atoms with Crippen molar-refractivity contribution in [3.63, 3.8) is 0 Å². The van der Waals surface area contributed by atoms with Crippen LogP contribution in [0.1, 0.15) is 62.6 Å². The molecule has 3 aromatic rings. The Bertz CT molecular complexity index is 1230. The van der Waals surface area contributed by atoms with Gasteiger partial charge in [0, 0.05) is 5.56 Å². The molecule has 5 heteroatoms. The molecule has 0 aromatic heterocycles. The summed E-state index contributed by atoms with van der Waals surface area (Å²) in [7, 11) is 0. The molecule has 1 aliphatic carbocycles. The lowest BCUT2D eigenvalue weighted by Gasteiger charge is -2.26. The van der Waals surface area contributed by atoms with E-state index < -0.39 is 17.5 Å². The zero-order valence-electron chi connectivity index (χ0n) is 21.6. The number of ether oxygens (including phenoxy) is 1. The van der Waals surface area contributed by atoms with Gasteiger partial charge in [-0.3, -0.25) is 0 Å². The molecule has 0 heterocycles. The standard InChI is InChI=1S/C32H35F3O2/c1-3-5-29(36)24-14-12-23(13-15-24)27-18-16-25(31(34)32(27)35)11-8-21-6-9-22(10-7-21)26-17-19-30(37-4-2)28(33)20-26/h6-7,9-10,12,16-20,24,29,36H,3-5,8,11,13-15H2,1-2H3. The maximum Gasteiger partial charge on any atom is 0.166 e. The molecule has 2 nitrogen and oxygen atoms in total. The van der Waals surface area contributed by atoms with Gasteiger partial charge in [0.05, 0.1) is 12.7 Å². The fraction of sp³-hybridized carbons (Fsp3) is 0.375. The smallest absolute Gasteiger partial charge is 0.166 e. The minimum atomic E-state index is -0.788. The molecule has 0 bridgehead atoms. The van der Waals surface area contributed by atoms with Crippen molar-refractivity contribution in [2.24, 2.45) is 5.92 Å². The predicted molar refractivity (Wildman–Crippen MR) is 143 cm³/mol. The number of hydrogen-bond acceptors (Lipinski definition) is 2. The molecule has 37 heavy (non-hydrogen) atoms. The molecule has 2 unspecified atom stereocenters. The van der Waals surface area contributed by atoms with E-state index in [1.54, 1.807) is 18.2 Å². The fourth-order valence-corrected chi connectivity index (χ4v) is 5.11. The van der Waals surface area contributed by atoms with Crippen LogP contribution >= 0.6 is 0 Å². The summed E-state index contributed by atoms with van der Waals surface area (Å²) >= 11 is 0. The molecule has 196 valence electrons. The number of rotatable bonds is 10. The molecule has 1 aliphatic rings. The highest BCUT2D eigenvalue weighted by atomic mass is 19.2. The number of hydrogen-bond donors (Lipinski definition) is 1. The average Bonchev–Trinajstić information content (AvgIpc) is 2.91. The van der Waals surface area contributed by atoms with Crippen LogP contribution < -0.4 is 4.74 Å². The summed E-state index contributed by atoms with van der Waals surface area (Å²) < 4.78 is 49.4. The molecule has 1 N–H and O–H groups in total. The third-order valence-corrected chi connectivity index (χ3v) is 7.29. The summed E-state index contributed by atoms with van der Waals surface area (Å²) in [6.07, 6.45) is 6.40. The molecule has 0 amide bonds. The Morgan fingerprint density at radius 3 is 2.32 bits per heavy atom. The Labute approximate surface area is 217 Å². The van der Waals surface area contributed by atoms with Crippen molar-refractivity contribution in [3.8, 4) is 16.9 Å². The molecule has 0 fully saturated rings. The van der Waals surface area contributed by atoms with Crippen molar-refractivity contribution < 1.29 is 23.0 Å². The molecule has 4 rings (SSSR count). The van der Waals surface area contributed by atoms with E-state index in [1.165, 1.54) is 6.07 Å². The Hall–Kier alpha value is -3.05. The third-order valence-electron chi connectivity index (χ3n) is 7.29. The van der Waals surface area contributed by atoms with Gasteiger partial charge in [0.15, 0.2) is 23.2 Å². The Morgan fingerprint density at radius 2 is 1.68 bits per heavy atom. The molecule has 2 atom stereocenters. The maximum absolute atomic E-state index is 15.0. The second kappa shape index (κ2) is 12.5. The van der Waals surface area contributed by atoms with E-state index in [4.69, 9.17) is 4.74 Å². The van der Waals surface area contributed by atoms with E-state index >= 15 is 0 Å². The summed E-state index contributed by atoms with van der Waals surface area (Å²) in [4.78, 5) is 0. The first-order valence-electron chi connectivity index (χ1n) is 13.3. The minimum Gasteiger partial charge on any atom is -0.491 e. The van der Waals surface area contributed by atoms with Crippen LogP contribution in [0.15, 0.2) is 60.7 Å². The predicted octanol–water partition coefficient (Wildman–Crippen LogP) is 8.30. The number of allylic oxidation sites excluding steroid dienone is 2. The first kappa shape index (κ1) is 27.0. The third kappa shape index (κ3) is 6.45. The summed E-state index contributed by atoms with van der Waals surface area (Å²) in [5.41, 5.74) is 4.12. The normalized spacial score (nSPS) is 16.4. The lowest BCUT2D eigenvalue weighted by atomic mass is 9.82. The van der Waals surface area contributed by atoms with E-state index in [0.717, 1.165) is 41.5 Å². The van der Waals surface area contributed by atoms with Crippen LogP contribution in [0, 0.1) is 23.4 Å². The van der Waals surface area contributed by atoms with Gasteiger partial charge in [0.1, 0.15) is 0 Å². The molecule has 0 saturated heterocycles. The fourth-order valence-electron chi connectivity index (χ4n) is 5.11. The van der Waals surface area contributed by atoms with Crippen molar-refractivity contribution in [1.82, 2.24) is 0 Å². The zero-order valence-corrected chi connectivity index (χ0v) is 21.6. The highest BCUT2D eigenvalue weighted by Gasteiger charge is 2.24. The molecule has 0 saturated carbocycles. The van der Waals surface area contributed by atoms with Crippen molar-refractivity contribution in [1.29, 1.82) is 0 Å². The van der Waals surface area contributed by atoms with E-state index in [2.05, 4.69) is 0 Å². The van der Waals surface area contributed by atoms with Gasteiger partial charge in [0.2, 0.25) is 0 Å². The monoisotopic (exact) mass is 508 g/mol. The lowest BCUT2D eigenvalue weighted by molar-refractivity contribution is 0.0934. The maximum atomic E-state index is 15.0. The van der Waals surface area contributed by atoms with Crippen LogP contribution in [-0.2, 0) is 12.8 Å². The molecule has 0 radical (unpaired) electrons. The molecule has 0 aliphatic heterocycles. The lowest BCUT2D eigenvalue weighted by Crippen LogP contribution is -2.22. The van der Waals surface area contributed by atoms with Gasteiger partial charge >= 0.3 is 0 Å². The van der Waals surface area contributed by atoms with Gasteiger partial charge in [-0.1, -0.05) is 61.9 Å². The van der Waals surface area contributed by atoms with Gasteiger partial charge in [-0.25, -0.2) is 13.2 Å². The first-order valence-corrected chi connectivity index (χ1v) is 13.3. The van der Waals surface area contributed by atoms with Gasteiger partial charge in [0.25, 0.3) is 0 Å². The Morgan fingerprint density at radius 1 is 0.919 bits per heavy atom. The van der Waals surface area contributed by atoms with Crippen LogP contribution in [0.4, 0.5) is 13.2 Å². The number of halogens is 3. The minimum absolute atomic E-state index is 0.190. The van der Waals surface area contributed by atoms with Gasteiger partial charge < -0.3 is 9.84 Å². The second-order valence-corrected chi connectivity index (χ2v) is 9.80. The quantitative estimate of drug-likeness (QED) is 0.298. The highest BCUT2D eigenvalue weighted by Crippen LogP contribution is 2.35. The topological polar surface area (TPSA) is 29.5 Å². The largest absolute Gasteiger partial charge is 0.491 e. The first-order chi connectivity index (χ1) is 17.9. The number of aliphatic hydroxyl groups is 1. The highest BCUT2D eigenvalue weighted by molar-refractivity contribution is 5.67. The summed E-state index contributed by atoms with van der Waals surface area (Å²) in [5, 5.41) is 10.2. The van der Waals surface area contributed by atoms with Crippen LogP contribution in [0.25, 0.3) is 16.7 Å². The van der Waals surface area contributed by atoms with Crippen LogP contribution in [0.2, 0.25) is 0 Å². The summed E-state index contributed by atoms with van der Waals surface area (Å²) in [6, 6.07) is 15.9. The van der Waals surface area contributed by atoms with Crippen molar-refractivity contribution >= 4 is 5.57 Å². The van der Waals surface area contributed by atoms with Crippen molar-refractivity contribution in [2.75, 3.05) is 6.61 Å². The van der Waals surface area contributed by atoms with E-state index in [-0.39, 0.29) is 17.8 Å². The summed E-state index contributed by atoms with van der Waals surface area (Å²) in [5.74, 6) is -1.55. The van der Waals surface area contributed by atoms with Gasteiger partial charge in [-0.2, -0.15) is 0 Å². The average molecular weight is 509 g/mol. The van der Waals surface area contributed by atoms with Crippen LogP contribution in [-0.4, -0.2) is 17.8 Å². The van der Waals surface area contributed by atoms with E-state index in [1.807, 2.05) is 50.3 Å². The van der Waals surface area contributed by atoms with Crippen molar-refractivity contribution in [3.05, 3.63) is 94.8 Å². The number of aliphatic hydroxyl groups excluding tert-OH is 1. The van der Waals surface area contributed by atoms with Crippen molar-refractivity contribution in [2.45, 2.75) is 64.9 Å². The van der Waals surface area contributed by atoms with Crippen LogP contribution in [0.5, 0.6) is 5.75 Å². The van der Waals surface area contributed by atoms with Gasteiger partial charge in [-0.15, -0.1) is 0 Å². The van der Waals surface area contributed by atoms with Gasteiger partial charge in [-0.05, 0) is 91.3 Å².